The van der Waals surface area contributed by atoms with Crippen molar-refractivity contribution in [1.29, 1.82) is 0 Å². The molecule has 0 fully saturated rings. The molecule has 0 saturated carbocycles. The average molecular weight is 534 g/mol. The van der Waals surface area contributed by atoms with Crippen LogP contribution >= 0.6 is 11.6 Å². The Balaban J connectivity index is 1.42. The molecule has 0 aromatic heterocycles. The third kappa shape index (κ3) is 5.50. The molecule has 0 unspecified atom stereocenters. The van der Waals surface area contributed by atoms with Gasteiger partial charge in [-0.25, -0.2) is 4.90 Å². The van der Waals surface area contributed by atoms with E-state index in [0.29, 0.717) is 41.4 Å². The molecule has 196 valence electrons. The number of rotatable bonds is 9. The number of imide groups is 1. The van der Waals surface area contributed by atoms with E-state index in [4.69, 9.17) is 21.1 Å². The number of nitrogens with one attached hydrogen (secondary N) is 2. The van der Waals surface area contributed by atoms with E-state index in [1.54, 1.807) is 44.6 Å². The van der Waals surface area contributed by atoms with Crippen molar-refractivity contribution in [3.63, 3.8) is 0 Å². The summed E-state index contributed by atoms with van der Waals surface area (Å²) in [4.78, 5) is 39.8. The lowest BCUT2D eigenvalue weighted by atomic mass is 10.1. The summed E-state index contributed by atoms with van der Waals surface area (Å²) in [5.74, 6) is -0.176. The summed E-state index contributed by atoms with van der Waals surface area (Å²) >= 11 is 6.28. The molecule has 0 aliphatic carbocycles. The maximum Gasteiger partial charge on any atom is 0.283 e. The van der Waals surface area contributed by atoms with Gasteiger partial charge in [0.2, 0.25) is 0 Å². The number of carbonyl (C=O) groups is 3. The Kier molecular flexibility index (Phi) is 8.02. The second-order valence-corrected chi connectivity index (χ2v) is 9.20. The van der Waals surface area contributed by atoms with Gasteiger partial charge in [0.15, 0.2) is 11.5 Å². The van der Waals surface area contributed by atoms with Gasteiger partial charge in [0.05, 0.1) is 19.9 Å². The van der Waals surface area contributed by atoms with Gasteiger partial charge in [0.25, 0.3) is 17.7 Å². The molecule has 3 aromatic rings. The van der Waals surface area contributed by atoms with E-state index in [9.17, 15) is 14.4 Å². The van der Waals surface area contributed by atoms with Crippen LogP contribution in [0.15, 0.2) is 71.4 Å². The van der Waals surface area contributed by atoms with Gasteiger partial charge < -0.3 is 20.1 Å². The number of hydrogen-bond acceptors (Lipinski definition) is 6. The van der Waals surface area contributed by atoms with Crippen LogP contribution < -0.4 is 25.0 Å². The van der Waals surface area contributed by atoms with E-state index in [2.05, 4.69) is 10.6 Å². The monoisotopic (exact) mass is 533 g/mol. The van der Waals surface area contributed by atoms with Crippen LogP contribution in [0.3, 0.4) is 0 Å². The molecule has 0 atom stereocenters. The van der Waals surface area contributed by atoms with Crippen molar-refractivity contribution in [2.45, 2.75) is 20.3 Å². The number of methoxy groups -OCH3 is 2. The van der Waals surface area contributed by atoms with Crippen molar-refractivity contribution >= 4 is 40.7 Å². The number of amides is 3. The van der Waals surface area contributed by atoms with Crippen LogP contribution in [0.1, 0.15) is 27.0 Å². The molecule has 0 saturated heterocycles. The van der Waals surface area contributed by atoms with Crippen LogP contribution in [0.25, 0.3) is 0 Å². The van der Waals surface area contributed by atoms with Crippen LogP contribution in [0.5, 0.6) is 11.5 Å². The number of benzene rings is 3. The quantitative estimate of drug-likeness (QED) is 0.386. The summed E-state index contributed by atoms with van der Waals surface area (Å²) in [6, 6.07) is 17.7. The zero-order valence-electron chi connectivity index (χ0n) is 21.6. The molecule has 1 aliphatic heterocycles. The lowest BCUT2D eigenvalue weighted by molar-refractivity contribution is -0.120. The molecular weight excluding hydrogens is 506 g/mol. The zero-order valence-corrected chi connectivity index (χ0v) is 22.3. The van der Waals surface area contributed by atoms with Gasteiger partial charge in [-0.1, -0.05) is 41.4 Å². The fraction of sp³-hybridized carbons (Fsp3) is 0.207. The van der Waals surface area contributed by atoms with E-state index in [1.807, 2.05) is 44.2 Å². The van der Waals surface area contributed by atoms with Gasteiger partial charge in [-0.3, -0.25) is 14.4 Å². The van der Waals surface area contributed by atoms with Crippen LogP contribution in [0.4, 0.5) is 11.4 Å². The van der Waals surface area contributed by atoms with Gasteiger partial charge in [0, 0.05) is 17.8 Å². The summed E-state index contributed by atoms with van der Waals surface area (Å²) < 4.78 is 10.6. The molecule has 8 nitrogen and oxygen atoms in total. The largest absolute Gasteiger partial charge is 0.493 e. The highest BCUT2D eigenvalue weighted by Crippen LogP contribution is 2.32. The first kappa shape index (κ1) is 26.8. The molecular formula is C29H28ClN3O5. The van der Waals surface area contributed by atoms with Crippen LogP contribution in [-0.4, -0.2) is 38.5 Å². The second-order valence-electron chi connectivity index (χ2n) is 8.83. The molecule has 0 bridgehead atoms. The van der Waals surface area contributed by atoms with E-state index in [-0.39, 0.29) is 16.6 Å². The van der Waals surface area contributed by atoms with Crippen molar-refractivity contribution in [2.75, 3.05) is 31.0 Å². The van der Waals surface area contributed by atoms with Crippen molar-refractivity contribution in [3.05, 3.63) is 93.6 Å². The maximum atomic E-state index is 13.2. The number of anilines is 2. The SMILES string of the molecule is COc1ccc(CCNC(=O)c2cccc(NC3=C(Cl)C(=O)N(c4ccc(C)cc4C)C3=O)c2)cc1OC. The van der Waals surface area contributed by atoms with Crippen molar-refractivity contribution < 1.29 is 23.9 Å². The molecule has 1 aliphatic rings. The number of carbonyl (C=O) groups excluding carboxylic acids is 3. The first-order valence-corrected chi connectivity index (χ1v) is 12.3. The molecule has 0 radical (unpaired) electrons. The maximum absolute atomic E-state index is 13.2. The summed E-state index contributed by atoms with van der Waals surface area (Å²) in [6.07, 6.45) is 0.595. The highest BCUT2D eigenvalue weighted by atomic mass is 35.5. The van der Waals surface area contributed by atoms with Crippen molar-refractivity contribution in [3.8, 4) is 11.5 Å². The first-order chi connectivity index (χ1) is 18.2. The highest BCUT2D eigenvalue weighted by Gasteiger charge is 2.39. The topological polar surface area (TPSA) is 97.0 Å². The van der Waals surface area contributed by atoms with E-state index in [1.165, 1.54) is 0 Å². The molecule has 4 rings (SSSR count). The molecule has 3 amide bonds. The second kappa shape index (κ2) is 11.4. The Labute approximate surface area is 226 Å². The lowest BCUT2D eigenvalue weighted by Crippen LogP contribution is -2.32. The minimum atomic E-state index is -0.602. The smallest absolute Gasteiger partial charge is 0.283 e. The first-order valence-electron chi connectivity index (χ1n) is 12.0. The normalized spacial score (nSPS) is 13.1. The van der Waals surface area contributed by atoms with Crippen LogP contribution in [0.2, 0.25) is 0 Å². The van der Waals surface area contributed by atoms with Crippen LogP contribution in [-0.2, 0) is 16.0 Å². The number of nitrogens with zero attached hydrogens (tertiary/aromatic N) is 1. The predicted molar refractivity (Wildman–Crippen MR) is 147 cm³/mol. The number of ether oxygens (including phenoxy) is 2. The average Bonchev–Trinajstić information content (AvgIpc) is 3.11. The van der Waals surface area contributed by atoms with E-state index < -0.39 is 11.8 Å². The number of aryl methyl sites for hydroxylation is 2. The summed E-state index contributed by atoms with van der Waals surface area (Å²) in [5.41, 5.74) is 4.06. The molecule has 3 aromatic carbocycles. The summed E-state index contributed by atoms with van der Waals surface area (Å²) in [7, 11) is 3.15. The van der Waals surface area contributed by atoms with Crippen molar-refractivity contribution in [2.24, 2.45) is 0 Å². The Bertz CT molecular complexity index is 1450. The van der Waals surface area contributed by atoms with Gasteiger partial charge >= 0.3 is 0 Å². The number of halogens is 1. The minimum Gasteiger partial charge on any atom is -0.493 e. The molecule has 0 spiro atoms. The molecule has 38 heavy (non-hydrogen) atoms. The Morgan fingerprint density at radius 3 is 2.39 bits per heavy atom. The zero-order chi connectivity index (χ0) is 27.4. The van der Waals surface area contributed by atoms with Gasteiger partial charge in [-0.2, -0.15) is 0 Å². The van der Waals surface area contributed by atoms with Crippen LogP contribution in [0, 0.1) is 13.8 Å². The predicted octanol–water partition coefficient (Wildman–Crippen LogP) is 4.73. The number of hydrogen-bond donors (Lipinski definition) is 2. The lowest BCUT2D eigenvalue weighted by Gasteiger charge is -2.18. The molecule has 1 heterocycles. The fourth-order valence-corrected chi connectivity index (χ4v) is 4.44. The molecule has 9 heteroatoms. The highest BCUT2D eigenvalue weighted by molar-refractivity contribution is 6.53. The third-order valence-electron chi connectivity index (χ3n) is 6.16. The Morgan fingerprint density at radius 1 is 0.921 bits per heavy atom. The van der Waals surface area contributed by atoms with E-state index >= 15 is 0 Å². The standard InChI is InChI=1S/C29H28ClN3O5/c1-17-8-10-22(18(2)14-17)33-28(35)25(30)26(29(33)36)32-21-7-5-6-20(16-21)27(34)31-13-12-19-9-11-23(37-3)24(15-19)38-4/h5-11,14-16,32H,12-13H2,1-4H3,(H,31,34). The summed E-state index contributed by atoms with van der Waals surface area (Å²) in [6.45, 7) is 4.16. The third-order valence-corrected chi connectivity index (χ3v) is 6.51. The Hall–Kier alpha value is -4.30. The van der Waals surface area contributed by atoms with Gasteiger partial charge in [0.1, 0.15) is 10.7 Å². The Morgan fingerprint density at radius 2 is 1.68 bits per heavy atom. The van der Waals surface area contributed by atoms with Gasteiger partial charge in [-0.05, 0) is 67.8 Å². The fourth-order valence-electron chi connectivity index (χ4n) is 4.23. The van der Waals surface area contributed by atoms with Crippen molar-refractivity contribution in [1.82, 2.24) is 5.32 Å². The summed E-state index contributed by atoms with van der Waals surface area (Å²) in [5, 5.41) is 5.62. The van der Waals surface area contributed by atoms with E-state index in [0.717, 1.165) is 21.6 Å². The molecule has 2 N–H and O–H groups in total. The minimum absolute atomic E-state index is 0.0392. The van der Waals surface area contributed by atoms with Gasteiger partial charge in [-0.15, -0.1) is 0 Å².